The highest BCUT2D eigenvalue weighted by Gasteiger charge is 2.21. The van der Waals surface area contributed by atoms with Crippen molar-refractivity contribution in [2.24, 2.45) is 5.92 Å². The lowest BCUT2D eigenvalue weighted by Gasteiger charge is -2.11. The van der Waals surface area contributed by atoms with E-state index in [9.17, 15) is 4.79 Å². The highest BCUT2D eigenvalue weighted by atomic mass is 79.9. The topological polar surface area (TPSA) is 51.2 Å². The first-order chi connectivity index (χ1) is 12.1. The lowest BCUT2D eigenvalue weighted by Crippen LogP contribution is -2.08. The van der Waals surface area contributed by atoms with Gasteiger partial charge in [-0.25, -0.2) is 4.79 Å². The van der Waals surface area contributed by atoms with Crippen LogP contribution in [0, 0.1) is 17.8 Å². The maximum absolute atomic E-state index is 11.9. The molecule has 0 unspecified atom stereocenters. The molecule has 0 atom stereocenters. The molecule has 1 saturated carbocycles. The molecule has 4 nitrogen and oxygen atoms in total. The zero-order valence-electron chi connectivity index (χ0n) is 13.6. The van der Waals surface area contributed by atoms with Crippen molar-refractivity contribution in [2.45, 2.75) is 12.8 Å². The first-order valence-corrected chi connectivity index (χ1v) is 9.02. The van der Waals surface area contributed by atoms with Crippen molar-refractivity contribution in [1.29, 1.82) is 0 Å². The van der Waals surface area contributed by atoms with Gasteiger partial charge in [0.25, 0.3) is 0 Å². The average Bonchev–Trinajstić information content (AvgIpc) is 3.43. The Morgan fingerprint density at radius 2 is 2.16 bits per heavy atom. The van der Waals surface area contributed by atoms with Crippen molar-refractivity contribution in [2.75, 3.05) is 19.0 Å². The van der Waals surface area contributed by atoms with Crippen molar-refractivity contribution in [3.05, 3.63) is 56.8 Å². The minimum atomic E-state index is -0.418. The Kier molecular flexibility index (Phi) is 5.62. The molecule has 1 aromatic carbocycles. The maximum Gasteiger partial charge on any atom is 0.337 e. The first-order valence-electron chi connectivity index (χ1n) is 7.85. The van der Waals surface area contributed by atoms with Gasteiger partial charge in [-0.05, 0) is 52.9 Å². The van der Waals surface area contributed by atoms with Crippen LogP contribution in [0.15, 0.2) is 35.1 Å². The number of carbonyl (C=O) groups excluding carboxylic acids is 1. The van der Waals surface area contributed by atoms with Gasteiger partial charge in [-0.1, -0.05) is 23.4 Å². The van der Waals surface area contributed by atoms with E-state index in [4.69, 9.17) is 16.3 Å². The number of carbonyl (C=O) groups is 1. The van der Waals surface area contributed by atoms with Crippen LogP contribution < -0.4 is 5.32 Å². The van der Waals surface area contributed by atoms with E-state index in [1.54, 1.807) is 24.5 Å². The molecule has 0 spiro atoms. The molecule has 0 amide bonds. The lowest BCUT2D eigenvalue weighted by atomic mass is 10.1. The van der Waals surface area contributed by atoms with Gasteiger partial charge in [0.1, 0.15) is 0 Å². The summed E-state index contributed by atoms with van der Waals surface area (Å²) in [7, 11) is 1.35. The normalized spacial score (nSPS) is 12.9. The van der Waals surface area contributed by atoms with Gasteiger partial charge in [-0.2, -0.15) is 0 Å². The lowest BCUT2D eigenvalue weighted by molar-refractivity contribution is 0.0601. The van der Waals surface area contributed by atoms with E-state index < -0.39 is 5.97 Å². The summed E-state index contributed by atoms with van der Waals surface area (Å²) in [6.45, 7) is 0.840. The highest BCUT2D eigenvalue weighted by Crippen LogP contribution is 2.32. The molecular weight excluding hydrogens is 404 g/mol. The number of hydrogen-bond acceptors (Lipinski definition) is 4. The van der Waals surface area contributed by atoms with Gasteiger partial charge in [0.05, 0.1) is 23.4 Å². The van der Waals surface area contributed by atoms with Crippen LogP contribution in [0.3, 0.4) is 0 Å². The summed E-state index contributed by atoms with van der Waals surface area (Å²) in [5.74, 6) is 6.32. The zero-order chi connectivity index (χ0) is 17.8. The molecule has 128 valence electrons. The number of nitrogens with zero attached hydrogens (tertiary/aromatic N) is 1. The summed E-state index contributed by atoms with van der Waals surface area (Å²) in [6, 6.07) is 5.22. The van der Waals surface area contributed by atoms with Crippen molar-refractivity contribution >= 4 is 39.2 Å². The van der Waals surface area contributed by atoms with Crippen LogP contribution in [-0.2, 0) is 4.74 Å². The predicted octanol–water partition coefficient (Wildman–Crippen LogP) is 4.51. The predicted molar refractivity (Wildman–Crippen MR) is 102 cm³/mol. The smallest absolute Gasteiger partial charge is 0.337 e. The third-order valence-corrected chi connectivity index (χ3v) is 4.66. The molecular formula is C19H16BrClN2O2. The van der Waals surface area contributed by atoms with Crippen molar-refractivity contribution in [1.82, 2.24) is 4.98 Å². The van der Waals surface area contributed by atoms with Crippen molar-refractivity contribution in [3.63, 3.8) is 0 Å². The molecule has 1 fully saturated rings. The Labute approximate surface area is 160 Å². The van der Waals surface area contributed by atoms with Crippen LogP contribution in [0.25, 0.3) is 0 Å². The van der Waals surface area contributed by atoms with Gasteiger partial charge in [-0.3, -0.25) is 4.98 Å². The highest BCUT2D eigenvalue weighted by molar-refractivity contribution is 9.10. The SMILES string of the molecule is COC(=O)c1cc(C#Cc2cncc(Br)c2)c(Cl)c(NCC2CC2)c1. The molecule has 1 aliphatic carbocycles. The Hall–Kier alpha value is -2.03. The Bertz CT molecular complexity index is 869. The molecule has 1 aromatic heterocycles. The molecule has 0 aliphatic heterocycles. The number of esters is 1. The fraction of sp³-hybridized carbons (Fsp3) is 0.263. The second kappa shape index (κ2) is 7.90. The number of anilines is 1. The number of ether oxygens (including phenoxy) is 1. The maximum atomic E-state index is 11.9. The van der Waals surface area contributed by atoms with Gasteiger partial charge >= 0.3 is 5.97 Å². The molecule has 1 N–H and O–H groups in total. The number of hydrogen-bond donors (Lipinski definition) is 1. The molecule has 1 aliphatic rings. The first kappa shape index (κ1) is 17.8. The standard InChI is InChI=1S/C19H16BrClN2O2/c1-25-19(24)15-7-14(5-4-13-6-16(20)11-22-9-13)18(21)17(8-15)23-10-12-2-3-12/h6-9,11-12,23H,2-3,10H2,1H3. The number of halogens is 2. The average molecular weight is 420 g/mol. The quantitative estimate of drug-likeness (QED) is 0.585. The number of rotatable bonds is 4. The van der Waals surface area contributed by atoms with Crippen LogP contribution in [0.2, 0.25) is 5.02 Å². The summed E-state index contributed by atoms with van der Waals surface area (Å²) in [5.41, 5.74) is 2.44. The van der Waals surface area contributed by atoms with Gasteiger partial charge in [0.2, 0.25) is 0 Å². The van der Waals surface area contributed by atoms with Crippen LogP contribution in [0.5, 0.6) is 0 Å². The third-order valence-electron chi connectivity index (χ3n) is 3.82. The molecule has 25 heavy (non-hydrogen) atoms. The number of methoxy groups -OCH3 is 1. The molecule has 2 aromatic rings. The third kappa shape index (κ3) is 4.75. The van der Waals surface area contributed by atoms with Crippen LogP contribution in [-0.4, -0.2) is 24.6 Å². The van der Waals surface area contributed by atoms with Gasteiger partial charge < -0.3 is 10.1 Å². The fourth-order valence-electron chi connectivity index (χ4n) is 2.28. The van der Waals surface area contributed by atoms with Crippen LogP contribution in [0.1, 0.15) is 34.3 Å². The molecule has 1 heterocycles. The minimum Gasteiger partial charge on any atom is -0.465 e. The molecule has 0 bridgehead atoms. The van der Waals surface area contributed by atoms with E-state index in [2.05, 4.69) is 38.1 Å². The van der Waals surface area contributed by atoms with Crippen molar-refractivity contribution < 1.29 is 9.53 Å². The van der Waals surface area contributed by atoms with E-state index in [0.717, 1.165) is 16.6 Å². The fourth-order valence-corrected chi connectivity index (χ4v) is 2.86. The van der Waals surface area contributed by atoms with E-state index in [1.807, 2.05) is 6.07 Å². The Balaban J connectivity index is 1.95. The number of benzene rings is 1. The monoisotopic (exact) mass is 418 g/mol. The second-order valence-electron chi connectivity index (χ2n) is 5.84. The summed E-state index contributed by atoms with van der Waals surface area (Å²) >= 11 is 9.85. The summed E-state index contributed by atoms with van der Waals surface area (Å²) < 4.78 is 5.68. The van der Waals surface area contributed by atoms with E-state index in [0.29, 0.717) is 27.8 Å². The molecule has 0 radical (unpaired) electrons. The van der Waals surface area contributed by atoms with Crippen LogP contribution >= 0.6 is 27.5 Å². The minimum absolute atomic E-state index is 0.418. The molecule has 3 rings (SSSR count). The summed E-state index contributed by atoms with van der Waals surface area (Å²) in [5, 5.41) is 3.82. The number of aromatic nitrogens is 1. The van der Waals surface area contributed by atoms with E-state index in [1.165, 1.54) is 20.0 Å². The van der Waals surface area contributed by atoms with Gasteiger partial charge in [0, 0.05) is 34.5 Å². The number of pyridine rings is 1. The van der Waals surface area contributed by atoms with Gasteiger partial charge in [-0.15, -0.1) is 0 Å². The van der Waals surface area contributed by atoms with Gasteiger partial charge in [0.15, 0.2) is 0 Å². The summed E-state index contributed by atoms with van der Waals surface area (Å²) in [4.78, 5) is 16.0. The summed E-state index contributed by atoms with van der Waals surface area (Å²) in [6.07, 6.45) is 5.81. The van der Waals surface area contributed by atoms with E-state index in [-0.39, 0.29) is 0 Å². The number of nitrogens with one attached hydrogen (secondary N) is 1. The molecule has 0 saturated heterocycles. The van der Waals surface area contributed by atoms with Crippen molar-refractivity contribution in [3.8, 4) is 11.8 Å². The largest absolute Gasteiger partial charge is 0.465 e. The Morgan fingerprint density at radius 1 is 1.36 bits per heavy atom. The van der Waals surface area contributed by atoms with E-state index >= 15 is 0 Å². The zero-order valence-corrected chi connectivity index (χ0v) is 15.9. The van der Waals surface area contributed by atoms with Crippen LogP contribution in [0.4, 0.5) is 5.69 Å². The Morgan fingerprint density at radius 3 is 2.84 bits per heavy atom. The second-order valence-corrected chi connectivity index (χ2v) is 7.14. The molecule has 6 heteroatoms.